The average molecular weight is 313 g/mol. The molecule has 0 saturated carbocycles. The molecule has 21 heavy (non-hydrogen) atoms. The minimum atomic E-state index is -0.208. The molecule has 0 bridgehead atoms. The summed E-state index contributed by atoms with van der Waals surface area (Å²) in [5, 5.41) is 4.23. The summed E-state index contributed by atoms with van der Waals surface area (Å²) in [4.78, 5) is 1.07. The summed E-state index contributed by atoms with van der Waals surface area (Å²) in [6.07, 6.45) is 0. The molecule has 4 rings (SSSR count). The Kier molecular flexibility index (Phi) is 3.03. The number of hydrogen-bond donors (Lipinski definition) is 1. The third-order valence-electron chi connectivity index (χ3n) is 3.65. The molecule has 1 nitrogen and oxygen atoms in total. The van der Waals surface area contributed by atoms with E-state index in [-0.39, 0.29) is 11.9 Å². The van der Waals surface area contributed by atoms with Crippen LogP contribution < -0.4 is 5.73 Å². The van der Waals surface area contributed by atoms with Crippen LogP contribution in [-0.4, -0.2) is 0 Å². The lowest BCUT2D eigenvalue weighted by atomic mass is 10.0. The zero-order valence-electron chi connectivity index (χ0n) is 11.0. The van der Waals surface area contributed by atoms with Crippen LogP contribution in [0.4, 0.5) is 4.39 Å². The first-order valence-electron chi connectivity index (χ1n) is 6.63. The average Bonchev–Trinajstić information content (AvgIpc) is 3.11. The van der Waals surface area contributed by atoms with E-state index in [4.69, 9.17) is 5.73 Å². The molecule has 1 atom stereocenters. The first kappa shape index (κ1) is 13.0. The summed E-state index contributed by atoms with van der Waals surface area (Å²) in [7, 11) is 0. The van der Waals surface area contributed by atoms with Crippen LogP contribution in [0.1, 0.15) is 16.5 Å². The van der Waals surface area contributed by atoms with Gasteiger partial charge in [-0.2, -0.15) is 0 Å². The van der Waals surface area contributed by atoms with Crippen LogP contribution in [-0.2, 0) is 0 Å². The highest BCUT2D eigenvalue weighted by Crippen LogP contribution is 2.36. The maximum atomic E-state index is 13.3. The highest BCUT2D eigenvalue weighted by molar-refractivity contribution is 7.19. The summed E-state index contributed by atoms with van der Waals surface area (Å²) >= 11 is 3.34. The molecule has 0 amide bonds. The highest BCUT2D eigenvalue weighted by atomic mass is 32.1. The maximum absolute atomic E-state index is 13.3. The molecule has 0 spiro atoms. The van der Waals surface area contributed by atoms with E-state index in [1.165, 1.54) is 16.2 Å². The zero-order chi connectivity index (χ0) is 14.4. The predicted molar refractivity (Wildman–Crippen MR) is 89.6 cm³/mol. The Morgan fingerprint density at radius 2 is 1.90 bits per heavy atom. The Morgan fingerprint density at radius 3 is 2.81 bits per heavy atom. The van der Waals surface area contributed by atoms with Crippen molar-refractivity contribution in [3.63, 3.8) is 0 Å². The van der Waals surface area contributed by atoms with E-state index in [2.05, 4.69) is 23.6 Å². The van der Waals surface area contributed by atoms with Gasteiger partial charge in [-0.05, 0) is 52.0 Å². The van der Waals surface area contributed by atoms with E-state index >= 15 is 0 Å². The normalized spacial score (nSPS) is 13.0. The summed E-state index contributed by atoms with van der Waals surface area (Å²) in [5.41, 5.74) is 7.60. The van der Waals surface area contributed by atoms with Gasteiger partial charge in [-0.25, -0.2) is 4.39 Å². The lowest BCUT2D eigenvalue weighted by molar-refractivity contribution is 0.630. The van der Waals surface area contributed by atoms with Crippen LogP contribution in [0.3, 0.4) is 0 Å². The van der Waals surface area contributed by atoms with E-state index in [9.17, 15) is 4.39 Å². The van der Waals surface area contributed by atoms with Crippen molar-refractivity contribution in [3.8, 4) is 0 Å². The summed E-state index contributed by atoms with van der Waals surface area (Å²) in [6.45, 7) is 0. The SMILES string of the molecule is NC(c1cc2cc(F)ccc2s1)c1cccc2ccsc12. The van der Waals surface area contributed by atoms with Gasteiger partial charge >= 0.3 is 0 Å². The molecule has 4 heteroatoms. The van der Waals surface area contributed by atoms with Crippen molar-refractivity contribution in [3.05, 3.63) is 70.2 Å². The van der Waals surface area contributed by atoms with Crippen molar-refractivity contribution in [1.29, 1.82) is 0 Å². The summed E-state index contributed by atoms with van der Waals surface area (Å²) in [5.74, 6) is -0.208. The van der Waals surface area contributed by atoms with Gasteiger partial charge in [0.2, 0.25) is 0 Å². The maximum Gasteiger partial charge on any atom is 0.123 e. The van der Waals surface area contributed by atoms with Gasteiger partial charge in [0.25, 0.3) is 0 Å². The van der Waals surface area contributed by atoms with Gasteiger partial charge in [-0.3, -0.25) is 0 Å². The van der Waals surface area contributed by atoms with E-state index in [1.807, 2.05) is 18.2 Å². The molecular weight excluding hydrogens is 301 g/mol. The molecule has 0 saturated heterocycles. The predicted octanol–water partition coefficient (Wildman–Crippen LogP) is 5.30. The largest absolute Gasteiger partial charge is 0.320 e. The molecular formula is C17H12FNS2. The molecule has 4 aromatic rings. The number of fused-ring (bicyclic) bond motifs is 2. The monoisotopic (exact) mass is 313 g/mol. The second-order valence-corrected chi connectivity index (χ2v) is 7.03. The second kappa shape index (κ2) is 4.91. The molecule has 0 radical (unpaired) electrons. The molecule has 0 aliphatic rings. The van der Waals surface area contributed by atoms with Crippen molar-refractivity contribution in [2.45, 2.75) is 6.04 Å². The van der Waals surface area contributed by atoms with Gasteiger partial charge in [-0.15, -0.1) is 22.7 Å². The van der Waals surface area contributed by atoms with Crippen LogP contribution in [0.5, 0.6) is 0 Å². The van der Waals surface area contributed by atoms with Gasteiger partial charge in [0.05, 0.1) is 6.04 Å². The third-order valence-corrected chi connectivity index (χ3v) is 5.83. The number of benzene rings is 2. The Morgan fingerprint density at radius 1 is 1.00 bits per heavy atom. The smallest absolute Gasteiger partial charge is 0.123 e. The lowest BCUT2D eigenvalue weighted by Gasteiger charge is -2.11. The quantitative estimate of drug-likeness (QED) is 0.533. The van der Waals surface area contributed by atoms with Crippen molar-refractivity contribution < 1.29 is 4.39 Å². The van der Waals surface area contributed by atoms with Crippen molar-refractivity contribution >= 4 is 42.8 Å². The Labute approximate surface area is 129 Å². The van der Waals surface area contributed by atoms with Gasteiger partial charge in [0, 0.05) is 14.3 Å². The summed E-state index contributed by atoms with van der Waals surface area (Å²) < 4.78 is 15.6. The number of rotatable bonds is 2. The van der Waals surface area contributed by atoms with Crippen molar-refractivity contribution in [2.24, 2.45) is 5.73 Å². The molecule has 104 valence electrons. The van der Waals surface area contributed by atoms with Crippen LogP contribution in [0.25, 0.3) is 20.2 Å². The Balaban J connectivity index is 1.85. The Hall–Kier alpha value is -1.75. The number of nitrogens with two attached hydrogens (primary N) is 1. The standard InChI is InChI=1S/C17H12FNS2/c18-12-4-5-14-11(8-12)9-15(21-14)16(19)13-3-1-2-10-6-7-20-17(10)13/h1-9,16H,19H2. The van der Waals surface area contributed by atoms with Gasteiger partial charge < -0.3 is 5.73 Å². The molecule has 0 aliphatic heterocycles. The molecule has 2 aromatic carbocycles. The lowest BCUT2D eigenvalue weighted by Crippen LogP contribution is -2.10. The fourth-order valence-electron chi connectivity index (χ4n) is 2.60. The van der Waals surface area contributed by atoms with E-state index in [0.717, 1.165) is 20.5 Å². The van der Waals surface area contributed by atoms with E-state index < -0.39 is 0 Å². The molecule has 2 N–H and O–H groups in total. The number of hydrogen-bond acceptors (Lipinski definition) is 3. The fourth-order valence-corrected chi connectivity index (χ4v) is 4.62. The number of halogens is 1. The first-order valence-corrected chi connectivity index (χ1v) is 8.33. The molecule has 2 heterocycles. The van der Waals surface area contributed by atoms with Gasteiger partial charge in [0.1, 0.15) is 5.82 Å². The molecule has 0 fully saturated rings. The van der Waals surface area contributed by atoms with Crippen LogP contribution in [0, 0.1) is 5.82 Å². The Bertz CT molecular complexity index is 938. The third kappa shape index (κ3) is 2.16. The van der Waals surface area contributed by atoms with Crippen LogP contribution >= 0.6 is 22.7 Å². The van der Waals surface area contributed by atoms with Crippen molar-refractivity contribution in [2.75, 3.05) is 0 Å². The highest BCUT2D eigenvalue weighted by Gasteiger charge is 2.15. The zero-order valence-corrected chi connectivity index (χ0v) is 12.7. The van der Waals surface area contributed by atoms with Crippen molar-refractivity contribution in [1.82, 2.24) is 0 Å². The minimum absolute atomic E-state index is 0.173. The summed E-state index contributed by atoms with van der Waals surface area (Å²) in [6, 6.07) is 15.0. The van der Waals surface area contributed by atoms with Gasteiger partial charge in [0.15, 0.2) is 0 Å². The second-order valence-electron chi connectivity index (χ2n) is 4.99. The topological polar surface area (TPSA) is 26.0 Å². The number of thiophene rings is 2. The fraction of sp³-hybridized carbons (Fsp3) is 0.0588. The van der Waals surface area contributed by atoms with E-state index in [1.54, 1.807) is 28.7 Å². The van der Waals surface area contributed by atoms with Gasteiger partial charge in [-0.1, -0.05) is 18.2 Å². The molecule has 1 unspecified atom stereocenters. The van der Waals surface area contributed by atoms with E-state index in [0.29, 0.717) is 0 Å². The minimum Gasteiger partial charge on any atom is -0.320 e. The molecule has 2 aromatic heterocycles. The van der Waals surface area contributed by atoms with Crippen LogP contribution in [0.15, 0.2) is 53.9 Å². The first-order chi connectivity index (χ1) is 10.2. The molecule has 0 aliphatic carbocycles. The van der Waals surface area contributed by atoms with Crippen LogP contribution in [0.2, 0.25) is 0 Å².